The normalized spacial score (nSPS) is 25.9. The zero-order chi connectivity index (χ0) is 33.9. The van der Waals surface area contributed by atoms with Gasteiger partial charge in [-0.1, -0.05) is 0 Å². The highest BCUT2D eigenvalue weighted by Crippen LogP contribution is 2.54. The van der Waals surface area contributed by atoms with Crippen LogP contribution in [-0.4, -0.2) is 133 Å². The second-order valence-corrected chi connectivity index (χ2v) is 12.0. The number of carbonyl (C=O) groups is 5. The number of nitrogens with one attached hydrogen (secondary N) is 2. The van der Waals surface area contributed by atoms with Crippen molar-refractivity contribution in [3.8, 4) is 5.75 Å². The maximum Gasteiger partial charge on any atom is 0.407 e. The van der Waals surface area contributed by atoms with E-state index >= 15 is 0 Å². The number of aromatic hydroxyl groups is 1. The third-order valence-corrected chi connectivity index (χ3v) is 8.51. The van der Waals surface area contributed by atoms with Crippen molar-refractivity contribution in [2.24, 2.45) is 17.6 Å². The molecule has 0 unspecified atom stereocenters. The van der Waals surface area contributed by atoms with Gasteiger partial charge in [-0.15, -0.1) is 0 Å². The average molecular weight is 631 g/mol. The number of rotatable bonds is 7. The lowest BCUT2D eigenvalue weighted by Crippen LogP contribution is -2.73. The number of hydrogen-bond donors (Lipinski definition) is 7. The molecule has 0 heterocycles. The molecule has 16 nitrogen and oxygen atoms in total. The topological polar surface area (TPSA) is 235 Å². The molecule has 1 fully saturated rings. The van der Waals surface area contributed by atoms with Gasteiger partial charge in [0, 0.05) is 43.2 Å². The Balaban J connectivity index is 2.07. The van der Waals surface area contributed by atoms with Crippen LogP contribution in [0.15, 0.2) is 23.0 Å². The van der Waals surface area contributed by atoms with Crippen molar-refractivity contribution >= 4 is 46.6 Å². The Morgan fingerprint density at radius 2 is 1.71 bits per heavy atom. The standard InChI is InChI=1S/C29H38N6O10/c1-33(2)10-15(36)31-13-9-14(34(3)4)11-8-12-17(23(38)16(11)22(13)37)25(40)29(44)19(20(12)32-28(43)45-7)21(35(5)6)24(39)18(26(29)41)27(30)42/h9,12,19-21,37-38,41,44H,8,10H2,1-7H3,(H2,30,42)(H,31,36)(H,32,43)/t12-,19+,20+,21+,29+/m1/s1. The molecule has 3 aliphatic carbocycles. The lowest BCUT2D eigenvalue weighted by molar-refractivity contribution is -0.156. The minimum atomic E-state index is -3.03. The van der Waals surface area contributed by atoms with E-state index in [4.69, 9.17) is 10.5 Å². The first-order chi connectivity index (χ1) is 20.9. The van der Waals surface area contributed by atoms with Gasteiger partial charge in [0.2, 0.25) is 11.7 Å². The van der Waals surface area contributed by atoms with Crippen LogP contribution in [-0.2, 0) is 30.3 Å². The van der Waals surface area contributed by atoms with Crippen molar-refractivity contribution in [1.82, 2.24) is 15.1 Å². The van der Waals surface area contributed by atoms with Crippen molar-refractivity contribution in [2.75, 3.05) is 66.2 Å². The molecule has 4 rings (SSSR count). The van der Waals surface area contributed by atoms with Crippen molar-refractivity contribution in [3.63, 3.8) is 0 Å². The average Bonchev–Trinajstić information content (AvgIpc) is 2.92. The number of anilines is 2. The summed E-state index contributed by atoms with van der Waals surface area (Å²) in [6, 6.07) is -1.33. The van der Waals surface area contributed by atoms with Crippen LogP contribution >= 0.6 is 0 Å². The fourth-order valence-electron chi connectivity index (χ4n) is 6.70. The number of ether oxygens (including phenoxy) is 1. The van der Waals surface area contributed by atoms with Crippen molar-refractivity contribution < 1.29 is 49.1 Å². The molecule has 16 heteroatoms. The van der Waals surface area contributed by atoms with Gasteiger partial charge in [0.1, 0.15) is 22.8 Å². The summed E-state index contributed by atoms with van der Waals surface area (Å²) in [5.74, 6) is -9.57. The predicted molar refractivity (Wildman–Crippen MR) is 160 cm³/mol. The summed E-state index contributed by atoms with van der Waals surface area (Å²) >= 11 is 0. The van der Waals surface area contributed by atoms with Crippen molar-refractivity contribution in [2.45, 2.75) is 24.1 Å². The number of methoxy groups -OCH3 is 1. The number of phenolic OH excluding ortho intramolecular Hbond substituents is 1. The number of hydrogen-bond acceptors (Lipinski definition) is 13. The van der Waals surface area contributed by atoms with E-state index in [1.807, 2.05) is 0 Å². The number of ketones is 2. The molecular weight excluding hydrogens is 592 g/mol. The van der Waals surface area contributed by atoms with Gasteiger partial charge in [-0.25, -0.2) is 4.79 Å². The van der Waals surface area contributed by atoms with Gasteiger partial charge in [-0.2, -0.15) is 0 Å². The quantitative estimate of drug-likeness (QED) is 0.140. The number of fused-ring (bicyclic) bond motifs is 3. The maximum absolute atomic E-state index is 14.3. The largest absolute Gasteiger partial charge is 0.508 e. The monoisotopic (exact) mass is 630 g/mol. The summed E-state index contributed by atoms with van der Waals surface area (Å²) in [5.41, 5.74) is 1.32. The Labute approximate surface area is 258 Å². The number of aliphatic hydroxyl groups excluding tert-OH is 2. The molecule has 1 aromatic rings. The van der Waals surface area contributed by atoms with Crippen molar-refractivity contribution in [1.29, 1.82) is 0 Å². The van der Waals surface area contributed by atoms with E-state index in [1.165, 1.54) is 25.1 Å². The highest BCUT2D eigenvalue weighted by atomic mass is 16.5. The smallest absolute Gasteiger partial charge is 0.407 e. The number of likely N-dealkylation sites (N-methyl/N-ethyl adjacent to an activating group) is 2. The molecule has 0 saturated heterocycles. The molecule has 1 aromatic carbocycles. The van der Waals surface area contributed by atoms with Crippen LogP contribution in [0.5, 0.6) is 5.75 Å². The minimum absolute atomic E-state index is 0.0314. The Kier molecular flexibility index (Phi) is 8.63. The fourth-order valence-corrected chi connectivity index (χ4v) is 6.70. The summed E-state index contributed by atoms with van der Waals surface area (Å²) in [7, 11) is 10.7. The SMILES string of the molecule is COC(=O)N[C@@H]1[C@H]2[C@H](N(C)C)C(=O)C(C(N)=O)=C(O)[C@@]2(O)C(=O)C2=C(O)c3c(O)c(NC(=O)CN(C)C)cc(N(C)C)c3C[C@H]21. The second kappa shape index (κ2) is 11.7. The predicted octanol–water partition coefficient (Wildman–Crippen LogP) is -1.14. The second-order valence-electron chi connectivity index (χ2n) is 12.0. The minimum Gasteiger partial charge on any atom is -0.508 e. The first-order valence-electron chi connectivity index (χ1n) is 13.9. The molecule has 3 aliphatic rings. The Morgan fingerprint density at radius 3 is 2.22 bits per heavy atom. The molecule has 5 atom stereocenters. The van der Waals surface area contributed by atoms with Gasteiger partial charge in [0.05, 0.1) is 30.9 Å². The van der Waals surface area contributed by atoms with Crippen LogP contribution in [0, 0.1) is 11.8 Å². The van der Waals surface area contributed by atoms with Crippen LogP contribution in [0.3, 0.4) is 0 Å². The number of amides is 3. The number of carbonyl (C=O) groups excluding carboxylic acids is 5. The summed E-state index contributed by atoms with van der Waals surface area (Å²) in [6.45, 7) is -0.0314. The van der Waals surface area contributed by atoms with Gasteiger partial charge in [-0.05, 0) is 46.2 Å². The number of alkyl carbamates (subject to hydrolysis) is 1. The van der Waals surface area contributed by atoms with Crippen LogP contribution in [0.1, 0.15) is 11.1 Å². The number of nitrogens with zero attached hydrogens (tertiary/aromatic N) is 3. The molecule has 45 heavy (non-hydrogen) atoms. The fraction of sp³-hybridized carbons (Fsp3) is 0.483. The van der Waals surface area contributed by atoms with Crippen LogP contribution < -0.4 is 21.3 Å². The zero-order valence-electron chi connectivity index (χ0n) is 26.0. The Bertz CT molecular complexity index is 1560. The lowest BCUT2D eigenvalue weighted by Gasteiger charge is -2.54. The van der Waals surface area contributed by atoms with Gasteiger partial charge < -0.3 is 51.3 Å². The molecule has 8 N–H and O–H groups in total. The van der Waals surface area contributed by atoms with Crippen LogP contribution in [0.2, 0.25) is 0 Å². The molecule has 1 saturated carbocycles. The van der Waals surface area contributed by atoms with E-state index in [-0.39, 0.29) is 24.2 Å². The number of benzene rings is 1. The number of nitrogens with two attached hydrogens (primary N) is 1. The van der Waals surface area contributed by atoms with Crippen LogP contribution in [0.25, 0.3) is 5.76 Å². The number of phenols is 1. The molecule has 0 aromatic heterocycles. The van der Waals surface area contributed by atoms with E-state index in [9.17, 15) is 44.4 Å². The number of aliphatic hydroxyl groups is 3. The summed E-state index contributed by atoms with van der Waals surface area (Å²) in [5, 5.41) is 51.6. The number of primary amides is 1. The third kappa shape index (κ3) is 5.13. The third-order valence-electron chi connectivity index (χ3n) is 8.51. The van der Waals surface area contributed by atoms with Gasteiger partial charge >= 0.3 is 6.09 Å². The Morgan fingerprint density at radius 1 is 1.09 bits per heavy atom. The van der Waals surface area contributed by atoms with Gasteiger partial charge in [0.25, 0.3) is 5.91 Å². The number of Topliss-reactive ketones (excluding diaryl/α,β-unsaturated/α-hetero) is 2. The van der Waals surface area contributed by atoms with E-state index in [0.717, 1.165) is 7.11 Å². The van der Waals surface area contributed by atoms with Gasteiger partial charge in [0.15, 0.2) is 11.4 Å². The molecule has 244 valence electrons. The summed E-state index contributed by atoms with van der Waals surface area (Å²) < 4.78 is 4.80. The van der Waals surface area contributed by atoms with Crippen molar-refractivity contribution in [3.05, 3.63) is 34.1 Å². The van der Waals surface area contributed by atoms with E-state index in [1.54, 1.807) is 38.0 Å². The highest BCUT2D eigenvalue weighted by molar-refractivity contribution is 6.24. The zero-order valence-corrected chi connectivity index (χ0v) is 26.0. The lowest BCUT2D eigenvalue weighted by atomic mass is 9.55. The van der Waals surface area contributed by atoms with E-state index in [2.05, 4.69) is 10.6 Å². The first-order valence-corrected chi connectivity index (χ1v) is 13.9. The van der Waals surface area contributed by atoms with Crippen LogP contribution in [0.4, 0.5) is 16.2 Å². The van der Waals surface area contributed by atoms with E-state index < -0.39 is 87.4 Å². The van der Waals surface area contributed by atoms with Gasteiger partial charge in [-0.3, -0.25) is 24.1 Å². The molecule has 0 bridgehead atoms. The first kappa shape index (κ1) is 33.2. The summed E-state index contributed by atoms with van der Waals surface area (Å²) in [6.07, 6.45) is -1.14. The maximum atomic E-state index is 14.3. The highest BCUT2D eigenvalue weighted by Gasteiger charge is 2.68. The molecule has 0 spiro atoms. The summed E-state index contributed by atoms with van der Waals surface area (Å²) in [4.78, 5) is 70.1. The Hall–Kier alpha value is -4.67. The van der Waals surface area contributed by atoms with E-state index in [0.29, 0.717) is 11.3 Å². The molecule has 0 aliphatic heterocycles. The molecule has 0 radical (unpaired) electrons. The molecule has 3 amide bonds. The molecular formula is C29H38N6O10.